The van der Waals surface area contributed by atoms with Crippen molar-refractivity contribution in [1.29, 1.82) is 0 Å². The van der Waals surface area contributed by atoms with Gasteiger partial charge < -0.3 is 15.6 Å². The number of carbonyl (C=O) groups is 2. The second-order valence-corrected chi connectivity index (χ2v) is 8.58. The number of carbonyl (C=O) groups excluding carboxylic acids is 1. The van der Waals surface area contributed by atoms with Gasteiger partial charge in [0.15, 0.2) is 0 Å². The first-order valence-electron chi connectivity index (χ1n) is 8.59. The molecule has 1 aliphatic rings. The third-order valence-corrected chi connectivity index (χ3v) is 4.28. The molecule has 1 aromatic carbocycles. The predicted molar refractivity (Wildman–Crippen MR) is 95.6 cm³/mol. The molecule has 1 saturated carbocycles. The molecule has 0 unspecified atom stereocenters. The summed E-state index contributed by atoms with van der Waals surface area (Å²) in [5.41, 5.74) is 6.57. The summed E-state index contributed by atoms with van der Waals surface area (Å²) in [5, 5.41) is 8.65. The van der Waals surface area contributed by atoms with Crippen LogP contribution in [0.5, 0.6) is 5.75 Å². The Hall–Kier alpha value is -1.64. The average molecular weight is 447 g/mol. The number of carboxylic acids is 1. The van der Waals surface area contributed by atoms with Crippen LogP contribution in [0.4, 0.5) is 0 Å². The van der Waals surface area contributed by atoms with Crippen molar-refractivity contribution in [2.24, 2.45) is 17.6 Å². The van der Waals surface area contributed by atoms with E-state index in [9.17, 15) is 9.59 Å². The second-order valence-electron chi connectivity index (χ2n) is 6.43. The molecular formula is C17H26AsNO8. The fraction of sp³-hybridized carbons (Fsp3) is 0.529. The number of hydrogen-bond acceptors (Lipinski definition) is 5. The summed E-state index contributed by atoms with van der Waals surface area (Å²) in [5.74, 6) is 0.0365. The number of aryl methyl sites for hydroxylation is 1. The molecule has 10 heteroatoms. The van der Waals surface area contributed by atoms with Crippen LogP contribution in [0, 0.1) is 11.8 Å². The molecule has 1 fully saturated rings. The van der Waals surface area contributed by atoms with E-state index in [1.807, 2.05) is 0 Å². The molecule has 6 N–H and O–H groups in total. The van der Waals surface area contributed by atoms with Crippen LogP contribution in [-0.4, -0.2) is 50.4 Å². The third-order valence-electron chi connectivity index (χ3n) is 4.28. The summed E-state index contributed by atoms with van der Waals surface area (Å²) >= 11 is -5.12. The molecule has 0 spiro atoms. The van der Waals surface area contributed by atoms with Crippen molar-refractivity contribution < 1.29 is 35.5 Å². The molecule has 2 rings (SSSR count). The quantitative estimate of drug-likeness (QED) is 0.233. The van der Waals surface area contributed by atoms with E-state index in [1.54, 1.807) is 24.3 Å². The van der Waals surface area contributed by atoms with E-state index in [0.29, 0.717) is 24.6 Å². The maximum atomic E-state index is 12.1. The molecule has 0 bridgehead atoms. The van der Waals surface area contributed by atoms with Crippen molar-refractivity contribution in [2.75, 3.05) is 6.54 Å². The molecule has 152 valence electrons. The van der Waals surface area contributed by atoms with Gasteiger partial charge in [0.25, 0.3) is 0 Å². The van der Waals surface area contributed by atoms with Crippen molar-refractivity contribution in [1.82, 2.24) is 0 Å². The molecule has 0 atom stereocenters. The van der Waals surface area contributed by atoms with Crippen molar-refractivity contribution in [3.8, 4) is 5.75 Å². The van der Waals surface area contributed by atoms with Gasteiger partial charge in [-0.25, -0.2) is 0 Å². The van der Waals surface area contributed by atoms with Crippen molar-refractivity contribution in [3.05, 3.63) is 29.8 Å². The number of nitrogens with two attached hydrogens (primary N) is 1. The summed E-state index contributed by atoms with van der Waals surface area (Å²) in [7, 11) is 0. The van der Waals surface area contributed by atoms with Gasteiger partial charge in [0.1, 0.15) is 5.75 Å². The van der Waals surface area contributed by atoms with E-state index >= 15 is 0 Å². The fourth-order valence-electron chi connectivity index (χ4n) is 2.81. The standard InChI is InChI=1S/C17H23NO4.AsH3O4/c18-11-13-1-6-14(7-2-13)17(21)22-15-8-3-12(4-9-15)5-10-16(19)20;2-1(3,4)5/h3-4,8-9,13-14H,1-2,5-7,10-11,18H2,(H,19,20);(H3,2,3,4,5)/t13-,14-;. The van der Waals surface area contributed by atoms with Gasteiger partial charge in [0.05, 0.1) is 5.92 Å². The minimum atomic E-state index is -5.12. The molecule has 0 saturated heterocycles. The van der Waals surface area contributed by atoms with Crippen LogP contribution in [0.15, 0.2) is 24.3 Å². The van der Waals surface area contributed by atoms with Gasteiger partial charge in [-0.1, -0.05) is 12.1 Å². The molecule has 1 aromatic rings. The van der Waals surface area contributed by atoms with Gasteiger partial charge in [0, 0.05) is 6.42 Å². The monoisotopic (exact) mass is 447 g/mol. The second kappa shape index (κ2) is 11.3. The van der Waals surface area contributed by atoms with Crippen LogP contribution in [0.3, 0.4) is 0 Å². The SMILES string of the molecule is NC[C@H]1CC[C@H](C(=O)Oc2ccc(CCC(=O)O)cc2)CC1.O=[As](O)(O)O. The Bertz CT molecular complexity index is 641. The van der Waals surface area contributed by atoms with Gasteiger partial charge in [-0.05, 0) is 62.3 Å². The van der Waals surface area contributed by atoms with E-state index < -0.39 is 20.5 Å². The van der Waals surface area contributed by atoms with E-state index in [1.165, 1.54) is 0 Å². The predicted octanol–water partition coefficient (Wildman–Crippen LogP) is 0.204. The van der Waals surface area contributed by atoms with Gasteiger partial charge in [-0.3, -0.25) is 9.59 Å². The fourth-order valence-corrected chi connectivity index (χ4v) is 2.81. The number of rotatable bonds is 6. The zero-order valence-corrected chi connectivity index (χ0v) is 16.7. The molecule has 1 aliphatic carbocycles. The zero-order valence-electron chi connectivity index (χ0n) is 14.9. The number of ether oxygens (including phenoxy) is 1. The molecule has 0 amide bonds. The van der Waals surface area contributed by atoms with E-state index in [0.717, 1.165) is 31.2 Å². The van der Waals surface area contributed by atoms with Gasteiger partial charge in [0.2, 0.25) is 0 Å². The van der Waals surface area contributed by atoms with E-state index in [-0.39, 0.29) is 18.3 Å². The topological polar surface area (TPSA) is 167 Å². The van der Waals surface area contributed by atoms with Crippen LogP contribution in [0.25, 0.3) is 0 Å². The van der Waals surface area contributed by atoms with Crippen molar-refractivity contribution in [3.63, 3.8) is 0 Å². The summed E-state index contributed by atoms with van der Waals surface area (Å²) < 4.78 is 36.1. The molecule has 0 heterocycles. The first kappa shape index (κ1) is 23.4. The van der Waals surface area contributed by atoms with Crippen LogP contribution in [0.2, 0.25) is 0 Å². The van der Waals surface area contributed by atoms with Gasteiger partial charge in [-0.2, -0.15) is 0 Å². The molecule has 0 radical (unpaired) electrons. The summed E-state index contributed by atoms with van der Waals surface area (Å²) in [6, 6.07) is 7.05. The summed E-state index contributed by atoms with van der Waals surface area (Å²) in [4.78, 5) is 22.7. The molecule has 0 aliphatic heterocycles. The zero-order chi connectivity index (χ0) is 20.4. The molecule has 9 nitrogen and oxygen atoms in total. The Morgan fingerprint density at radius 3 is 2.04 bits per heavy atom. The van der Waals surface area contributed by atoms with Crippen molar-refractivity contribution >= 4 is 26.5 Å². The Kier molecular flexibility index (Phi) is 9.76. The average Bonchev–Trinajstić information content (AvgIpc) is 2.59. The summed E-state index contributed by atoms with van der Waals surface area (Å²) in [6.07, 6.45) is 4.25. The third kappa shape index (κ3) is 10.9. The number of hydrogen-bond donors (Lipinski definition) is 5. The van der Waals surface area contributed by atoms with Crippen LogP contribution >= 0.6 is 0 Å². The van der Waals surface area contributed by atoms with Gasteiger partial charge >= 0.3 is 42.5 Å². The molecule has 27 heavy (non-hydrogen) atoms. The van der Waals surface area contributed by atoms with Gasteiger partial charge in [-0.15, -0.1) is 0 Å². The Morgan fingerprint density at radius 1 is 1.07 bits per heavy atom. The van der Waals surface area contributed by atoms with Crippen LogP contribution in [0.1, 0.15) is 37.7 Å². The van der Waals surface area contributed by atoms with E-state index in [2.05, 4.69) is 0 Å². The first-order valence-corrected chi connectivity index (χ1v) is 11.9. The maximum absolute atomic E-state index is 12.1. The number of aliphatic carboxylic acids is 1. The number of esters is 1. The van der Waals surface area contributed by atoms with Crippen LogP contribution in [-0.2, 0) is 19.7 Å². The van der Waals surface area contributed by atoms with E-state index in [4.69, 9.17) is 31.6 Å². The minimum absolute atomic E-state index is 0.0329. The first-order chi connectivity index (χ1) is 12.6. The van der Waals surface area contributed by atoms with Crippen molar-refractivity contribution in [2.45, 2.75) is 38.5 Å². The summed E-state index contributed by atoms with van der Waals surface area (Å²) in [6.45, 7) is 0.694. The number of carboxylic acid groups (broad SMARTS) is 1. The Morgan fingerprint density at radius 2 is 1.59 bits per heavy atom. The normalized spacial score (nSPS) is 19.6. The Labute approximate surface area is 160 Å². The molecular weight excluding hydrogens is 421 g/mol. The number of benzene rings is 1. The molecule has 0 aromatic heterocycles. The van der Waals surface area contributed by atoms with Crippen LogP contribution < -0.4 is 10.5 Å². The Balaban J connectivity index is 0.000000646.